The zero-order valence-electron chi connectivity index (χ0n) is 12.2. The Morgan fingerprint density at radius 3 is 2.59 bits per heavy atom. The molecule has 2 rings (SSSR count). The quantitative estimate of drug-likeness (QED) is 0.853. The van der Waals surface area contributed by atoms with Gasteiger partial charge >= 0.3 is 5.97 Å². The summed E-state index contributed by atoms with van der Waals surface area (Å²) in [6.45, 7) is 1.81. The van der Waals surface area contributed by atoms with Crippen molar-refractivity contribution in [3.63, 3.8) is 0 Å². The number of anilines is 1. The van der Waals surface area contributed by atoms with E-state index < -0.39 is 12.1 Å². The van der Waals surface area contributed by atoms with Gasteiger partial charge in [-0.1, -0.05) is 18.2 Å². The minimum atomic E-state index is -1.15. The second kappa shape index (κ2) is 6.95. The molecular weight excluding hydrogens is 289 g/mol. The number of nitrogens with one attached hydrogen (secondary N) is 1. The number of hydrogen-bond acceptors (Lipinski definition) is 5. The summed E-state index contributed by atoms with van der Waals surface area (Å²) >= 11 is 0. The molecular formula is C15H16FN3O3. The number of carbonyl (C=O) groups is 1. The van der Waals surface area contributed by atoms with E-state index in [0.29, 0.717) is 11.4 Å². The van der Waals surface area contributed by atoms with Gasteiger partial charge in [-0.2, -0.15) is 0 Å². The van der Waals surface area contributed by atoms with Crippen LogP contribution in [0.4, 0.5) is 10.2 Å². The van der Waals surface area contributed by atoms with Crippen molar-refractivity contribution in [1.29, 1.82) is 0 Å². The molecule has 6 nitrogen and oxygen atoms in total. The first-order valence-corrected chi connectivity index (χ1v) is 6.62. The Balaban J connectivity index is 2.14. The minimum absolute atomic E-state index is 0.143. The molecule has 0 aliphatic carbocycles. The molecule has 1 aromatic heterocycles. The minimum Gasteiger partial charge on any atom is -0.476 e. The smallest absolute Gasteiger partial charge is 0.356 e. The Labute approximate surface area is 127 Å². The van der Waals surface area contributed by atoms with Crippen LogP contribution in [0.3, 0.4) is 0 Å². The van der Waals surface area contributed by atoms with Gasteiger partial charge in [0, 0.05) is 12.7 Å². The lowest BCUT2D eigenvalue weighted by molar-refractivity contribution is 0.0690. The Kier molecular flexibility index (Phi) is 5.00. The SMILES string of the molecule is COC(c1ccccc1F)C(C)Nc1cnc(C(=O)O)cn1. The van der Waals surface area contributed by atoms with Crippen molar-refractivity contribution in [2.45, 2.75) is 19.1 Å². The highest BCUT2D eigenvalue weighted by atomic mass is 19.1. The van der Waals surface area contributed by atoms with Crippen LogP contribution in [0.2, 0.25) is 0 Å². The van der Waals surface area contributed by atoms with Crippen molar-refractivity contribution in [1.82, 2.24) is 9.97 Å². The molecule has 22 heavy (non-hydrogen) atoms. The summed E-state index contributed by atoms with van der Waals surface area (Å²) < 4.78 is 19.2. The lowest BCUT2D eigenvalue weighted by atomic mass is 10.0. The monoisotopic (exact) mass is 305 g/mol. The van der Waals surface area contributed by atoms with Crippen LogP contribution in [0.5, 0.6) is 0 Å². The van der Waals surface area contributed by atoms with Crippen LogP contribution in [-0.2, 0) is 4.74 Å². The number of benzene rings is 1. The van der Waals surface area contributed by atoms with Crippen molar-refractivity contribution in [2.24, 2.45) is 0 Å². The molecule has 0 saturated carbocycles. The van der Waals surface area contributed by atoms with Crippen molar-refractivity contribution in [2.75, 3.05) is 12.4 Å². The molecule has 2 unspecified atom stereocenters. The molecule has 1 aromatic carbocycles. The van der Waals surface area contributed by atoms with E-state index in [1.807, 2.05) is 6.92 Å². The second-order valence-corrected chi connectivity index (χ2v) is 4.70. The number of carboxylic acids is 1. The van der Waals surface area contributed by atoms with Gasteiger partial charge in [0.15, 0.2) is 5.69 Å². The zero-order valence-corrected chi connectivity index (χ0v) is 12.2. The molecule has 2 atom stereocenters. The number of methoxy groups -OCH3 is 1. The highest BCUT2D eigenvalue weighted by Gasteiger charge is 2.22. The second-order valence-electron chi connectivity index (χ2n) is 4.70. The van der Waals surface area contributed by atoms with E-state index in [-0.39, 0.29) is 17.6 Å². The molecule has 2 aromatic rings. The average Bonchev–Trinajstić information content (AvgIpc) is 2.50. The molecule has 0 amide bonds. The van der Waals surface area contributed by atoms with Gasteiger partial charge in [-0.15, -0.1) is 0 Å². The molecule has 7 heteroatoms. The fourth-order valence-corrected chi connectivity index (χ4v) is 2.13. The van der Waals surface area contributed by atoms with E-state index >= 15 is 0 Å². The van der Waals surface area contributed by atoms with Crippen LogP contribution >= 0.6 is 0 Å². The first-order valence-electron chi connectivity index (χ1n) is 6.62. The van der Waals surface area contributed by atoms with Crippen LogP contribution in [0.25, 0.3) is 0 Å². The maximum atomic E-state index is 13.9. The van der Waals surface area contributed by atoms with Crippen molar-refractivity contribution in [3.05, 3.63) is 53.7 Å². The molecule has 116 valence electrons. The fraction of sp³-hybridized carbons (Fsp3) is 0.267. The molecule has 0 fully saturated rings. The van der Waals surface area contributed by atoms with Crippen LogP contribution in [0.15, 0.2) is 36.7 Å². The first kappa shape index (κ1) is 15.8. The number of hydrogen-bond donors (Lipinski definition) is 2. The molecule has 0 aliphatic rings. The van der Waals surface area contributed by atoms with Gasteiger partial charge < -0.3 is 15.2 Å². The van der Waals surface area contributed by atoms with Crippen LogP contribution < -0.4 is 5.32 Å². The third kappa shape index (κ3) is 3.56. The highest BCUT2D eigenvalue weighted by molar-refractivity contribution is 5.84. The van der Waals surface area contributed by atoms with Gasteiger partial charge in [-0.25, -0.2) is 19.2 Å². The summed E-state index contributed by atoms with van der Waals surface area (Å²) in [5.41, 5.74) is 0.288. The van der Waals surface area contributed by atoms with Crippen molar-refractivity contribution < 1.29 is 19.0 Å². The number of halogens is 1. The molecule has 2 N–H and O–H groups in total. The number of ether oxygens (including phenoxy) is 1. The van der Waals surface area contributed by atoms with E-state index in [2.05, 4.69) is 15.3 Å². The van der Waals surface area contributed by atoms with Crippen LogP contribution in [-0.4, -0.2) is 34.2 Å². The largest absolute Gasteiger partial charge is 0.476 e. The van der Waals surface area contributed by atoms with Gasteiger partial charge in [0.05, 0.1) is 18.4 Å². The van der Waals surface area contributed by atoms with Gasteiger partial charge in [0.25, 0.3) is 0 Å². The Bertz CT molecular complexity index is 649. The summed E-state index contributed by atoms with van der Waals surface area (Å²) in [5.74, 6) is -1.11. The van der Waals surface area contributed by atoms with Gasteiger partial charge in [-0.05, 0) is 13.0 Å². The van der Waals surface area contributed by atoms with E-state index in [0.717, 1.165) is 6.20 Å². The summed E-state index contributed by atoms with van der Waals surface area (Å²) in [7, 11) is 1.49. The van der Waals surface area contributed by atoms with Crippen molar-refractivity contribution >= 4 is 11.8 Å². The highest BCUT2D eigenvalue weighted by Crippen LogP contribution is 2.25. The standard InChI is InChI=1S/C15H16FN3O3/c1-9(14(22-2)10-5-3-4-6-11(10)16)19-13-8-17-12(7-18-13)15(20)21/h3-9,14H,1-2H3,(H,18,19)(H,20,21). The summed E-state index contributed by atoms with van der Waals surface area (Å²) in [4.78, 5) is 18.5. The maximum Gasteiger partial charge on any atom is 0.356 e. The molecule has 0 aliphatic heterocycles. The Morgan fingerprint density at radius 1 is 1.32 bits per heavy atom. The predicted octanol–water partition coefficient (Wildman–Crippen LogP) is 2.50. The third-order valence-corrected chi connectivity index (χ3v) is 3.17. The molecule has 1 heterocycles. The molecule has 0 radical (unpaired) electrons. The topological polar surface area (TPSA) is 84.3 Å². The molecule has 0 spiro atoms. The lowest BCUT2D eigenvalue weighted by Gasteiger charge is -2.24. The maximum absolute atomic E-state index is 13.9. The van der Waals surface area contributed by atoms with Crippen LogP contribution in [0.1, 0.15) is 29.1 Å². The molecule has 0 bridgehead atoms. The molecule has 0 saturated heterocycles. The Morgan fingerprint density at radius 2 is 2.05 bits per heavy atom. The predicted molar refractivity (Wildman–Crippen MR) is 78.2 cm³/mol. The number of rotatable bonds is 6. The van der Waals surface area contributed by atoms with Crippen LogP contribution in [0, 0.1) is 5.82 Å². The Hall–Kier alpha value is -2.54. The summed E-state index contributed by atoms with van der Waals surface area (Å²) in [6, 6.07) is 6.07. The van der Waals surface area contributed by atoms with Crippen molar-refractivity contribution in [3.8, 4) is 0 Å². The summed E-state index contributed by atoms with van der Waals surface area (Å²) in [5, 5.41) is 11.8. The number of aromatic nitrogens is 2. The van der Waals surface area contributed by atoms with E-state index in [9.17, 15) is 9.18 Å². The fourth-order valence-electron chi connectivity index (χ4n) is 2.13. The van der Waals surface area contributed by atoms with E-state index in [1.54, 1.807) is 18.2 Å². The number of aromatic carboxylic acids is 1. The third-order valence-electron chi connectivity index (χ3n) is 3.17. The zero-order chi connectivity index (χ0) is 16.1. The summed E-state index contributed by atoms with van der Waals surface area (Å²) in [6.07, 6.45) is 1.94. The van der Waals surface area contributed by atoms with E-state index in [1.165, 1.54) is 19.4 Å². The first-order chi connectivity index (χ1) is 10.5. The number of carboxylic acid groups (broad SMARTS) is 1. The number of nitrogens with zero attached hydrogens (tertiary/aromatic N) is 2. The average molecular weight is 305 g/mol. The van der Waals surface area contributed by atoms with Gasteiger partial charge in [-0.3, -0.25) is 0 Å². The van der Waals surface area contributed by atoms with Gasteiger partial charge in [0.1, 0.15) is 17.7 Å². The lowest BCUT2D eigenvalue weighted by Crippen LogP contribution is -2.27. The normalized spacial score (nSPS) is 13.4. The van der Waals surface area contributed by atoms with Gasteiger partial charge in [0.2, 0.25) is 0 Å². The van der Waals surface area contributed by atoms with E-state index in [4.69, 9.17) is 9.84 Å².